The fourth-order valence-corrected chi connectivity index (χ4v) is 2.20. The summed E-state index contributed by atoms with van der Waals surface area (Å²) < 4.78 is 0. The SMILES string of the molecule is CC/C=C/C(=O)N1CCN([C@@H](C#N)C(C)C)CC1. The molecule has 4 heteroatoms. The van der Waals surface area contributed by atoms with Crippen LogP contribution in [0.1, 0.15) is 27.2 Å². The van der Waals surface area contributed by atoms with E-state index in [9.17, 15) is 4.79 Å². The van der Waals surface area contributed by atoms with Gasteiger partial charge in [-0.1, -0.05) is 26.8 Å². The fraction of sp³-hybridized carbons (Fsp3) is 0.714. The van der Waals surface area contributed by atoms with E-state index in [0.717, 1.165) is 32.6 Å². The van der Waals surface area contributed by atoms with Gasteiger partial charge >= 0.3 is 0 Å². The predicted octanol–water partition coefficient (Wildman–Crippen LogP) is 1.64. The molecule has 0 spiro atoms. The van der Waals surface area contributed by atoms with E-state index in [1.165, 1.54) is 0 Å². The van der Waals surface area contributed by atoms with Gasteiger partial charge in [0.1, 0.15) is 6.04 Å². The molecule has 4 nitrogen and oxygen atoms in total. The molecule has 1 aliphatic heterocycles. The Balaban J connectivity index is 2.48. The maximum Gasteiger partial charge on any atom is 0.246 e. The lowest BCUT2D eigenvalue weighted by Gasteiger charge is -2.37. The molecule has 1 amide bonds. The van der Waals surface area contributed by atoms with E-state index >= 15 is 0 Å². The van der Waals surface area contributed by atoms with E-state index in [0.29, 0.717) is 5.92 Å². The number of piperazine rings is 1. The Morgan fingerprint density at radius 2 is 1.94 bits per heavy atom. The van der Waals surface area contributed by atoms with Crippen LogP contribution >= 0.6 is 0 Å². The smallest absolute Gasteiger partial charge is 0.246 e. The molecule has 0 bridgehead atoms. The summed E-state index contributed by atoms with van der Waals surface area (Å²) in [6.45, 7) is 9.17. The Kier molecular flexibility index (Phi) is 5.87. The molecule has 0 aromatic carbocycles. The van der Waals surface area contributed by atoms with Gasteiger partial charge in [0, 0.05) is 26.2 Å². The maximum absolute atomic E-state index is 11.8. The third-order valence-corrected chi connectivity index (χ3v) is 3.28. The van der Waals surface area contributed by atoms with Crippen molar-refractivity contribution in [3.8, 4) is 6.07 Å². The number of carbonyl (C=O) groups excluding carboxylic acids is 1. The Morgan fingerprint density at radius 1 is 1.33 bits per heavy atom. The van der Waals surface area contributed by atoms with Gasteiger partial charge in [0.2, 0.25) is 5.91 Å². The minimum atomic E-state index is -0.0339. The van der Waals surface area contributed by atoms with Crippen LogP contribution in [0, 0.1) is 17.2 Å². The quantitative estimate of drug-likeness (QED) is 0.712. The molecule has 0 N–H and O–H groups in total. The summed E-state index contributed by atoms with van der Waals surface area (Å²) in [5.41, 5.74) is 0. The lowest BCUT2D eigenvalue weighted by atomic mass is 10.0. The van der Waals surface area contributed by atoms with E-state index in [1.54, 1.807) is 6.08 Å². The minimum Gasteiger partial charge on any atom is -0.337 e. The van der Waals surface area contributed by atoms with Gasteiger partial charge in [0.25, 0.3) is 0 Å². The zero-order valence-electron chi connectivity index (χ0n) is 11.6. The second kappa shape index (κ2) is 7.17. The highest BCUT2D eigenvalue weighted by Gasteiger charge is 2.26. The van der Waals surface area contributed by atoms with Gasteiger partial charge in [-0.25, -0.2) is 0 Å². The van der Waals surface area contributed by atoms with E-state index in [2.05, 4.69) is 24.8 Å². The summed E-state index contributed by atoms with van der Waals surface area (Å²) >= 11 is 0. The van der Waals surface area contributed by atoms with Crippen LogP contribution in [0.5, 0.6) is 0 Å². The standard InChI is InChI=1S/C14H23N3O/c1-4-5-6-14(18)17-9-7-16(8-10-17)13(11-15)12(2)3/h5-6,12-13H,4,7-10H2,1-3H3/b6-5+/t13-/m0/s1. The van der Waals surface area contributed by atoms with Crippen LogP contribution in [0.2, 0.25) is 0 Å². The lowest BCUT2D eigenvalue weighted by Crippen LogP contribution is -2.52. The fourth-order valence-electron chi connectivity index (χ4n) is 2.20. The molecule has 0 aliphatic carbocycles. The molecule has 0 aromatic heterocycles. The second-order valence-electron chi connectivity index (χ2n) is 4.99. The van der Waals surface area contributed by atoms with Crippen LogP contribution in [0.4, 0.5) is 0 Å². The number of rotatable bonds is 4. The summed E-state index contributed by atoms with van der Waals surface area (Å²) in [7, 11) is 0. The highest BCUT2D eigenvalue weighted by molar-refractivity contribution is 5.87. The van der Waals surface area contributed by atoms with Gasteiger partial charge in [-0.15, -0.1) is 0 Å². The predicted molar refractivity (Wildman–Crippen MR) is 71.8 cm³/mol. The number of hydrogen-bond donors (Lipinski definition) is 0. The molecule has 1 heterocycles. The molecule has 0 unspecified atom stereocenters. The number of nitriles is 1. The van der Waals surface area contributed by atoms with Crippen molar-refractivity contribution >= 4 is 5.91 Å². The number of nitrogens with zero attached hydrogens (tertiary/aromatic N) is 3. The molecule has 18 heavy (non-hydrogen) atoms. The van der Waals surface area contributed by atoms with Crippen LogP contribution in [-0.2, 0) is 4.79 Å². The van der Waals surface area contributed by atoms with Crippen LogP contribution in [0.3, 0.4) is 0 Å². The molecular weight excluding hydrogens is 226 g/mol. The number of amides is 1. The molecule has 1 aliphatic rings. The molecule has 1 fully saturated rings. The van der Waals surface area contributed by atoms with E-state index in [4.69, 9.17) is 5.26 Å². The van der Waals surface area contributed by atoms with Gasteiger partial charge in [-0.05, 0) is 18.4 Å². The van der Waals surface area contributed by atoms with Crippen molar-refractivity contribution in [1.82, 2.24) is 9.80 Å². The molecular formula is C14H23N3O. The minimum absolute atomic E-state index is 0.0339. The van der Waals surface area contributed by atoms with E-state index in [1.807, 2.05) is 17.9 Å². The number of allylic oxidation sites excluding steroid dienone is 1. The van der Waals surface area contributed by atoms with Crippen LogP contribution < -0.4 is 0 Å². The average Bonchev–Trinajstić information content (AvgIpc) is 2.37. The first-order valence-electron chi connectivity index (χ1n) is 6.69. The first-order chi connectivity index (χ1) is 8.60. The first kappa shape index (κ1) is 14.7. The van der Waals surface area contributed by atoms with Gasteiger partial charge in [-0.3, -0.25) is 9.69 Å². The Labute approximate surface area is 110 Å². The zero-order valence-corrected chi connectivity index (χ0v) is 11.6. The monoisotopic (exact) mass is 249 g/mol. The van der Waals surface area contributed by atoms with E-state index in [-0.39, 0.29) is 11.9 Å². The summed E-state index contributed by atoms with van der Waals surface area (Å²) in [6.07, 6.45) is 4.43. The molecule has 0 saturated carbocycles. The zero-order chi connectivity index (χ0) is 13.5. The van der Waals surface area contributed by atoms with Gasteiger partial charge < -0.3 is 4.90 Å². The van der Waals surface area contributed by atoms with Crippen LogP contribution in [0.25, 0.3) is 0 Å². The van der Waals surface area contributed by atoms with Crippen molar-refractivity contribution in [2.45, 2.75) is 33.2 Å². The number of carbonyl (C=O) groups is 1. The van der Waals surface area contributed by atoms with Gasteiger partial charge in [0.15, 0.2) is 0 Å². The maximum atomic E-state index is 11.8. The van der Waals surface area contributed by atoms with Crippen molar-refractivity contribution in [2.75, 3.05) is 26.2 Å². The first-order valence-corrected chi connectivity index (χ1v) is 6.69. The van der Waals surface area contributed by atoms with Crippen LogP contribution in [-0.4, -0.2) is 47.9 Å². The summed E-state index contributed by atoms with van der Waals surface area (Å²) in [5.74, 6) is 0.423. The third kappa shape index (κ3) is 3.85. The van der Waals surface area contributed by atoms with Gasteiger partial charge in [0.05, 0.1) is 6.07 Å². The molecule has 1 rings (SSSR count). The average molecular weight is 249 g/mol. The second-order valence-corrected chi connectivity index (χ2v) is 4.99. The van der Waals surface area contributed by atoms with Crippen molar-refractivity contribution in [2.24, 2.45) is 5.92 Å². The van der Waals surface area contributed by atoms with Gasteiger partial charge in [-0.2, -0.15) is 5.26 Å². The lowest BCUT2D eigenvalue weighted by molar-refractivity contribution is -0.128. The molecule has 0 aromatic rings. The number of hydrogen-bond acceptors (Lipinski definition) is 3. The Morgan fingerprint density at radius 3 is 2.39 bits per heavy atom. The molecule has 1 atom stereocenters. The summed E-state index contributed by atoms with van der Waals surface area (Å²) in [6, 6.07) is 2.32. The highest BCUT2D eigenvalue weighted by atomic mass is 16.2. The van der Waals surface area contributed by atoms with Crippen molar-refractivity contribution in [3.63, 3.8) is 0 Å². The molecule has 0 radical (unpaired) electrons. The largest absolute Gasteiger partial charge is 0.337 e. The van der Waals surface area contributed by atoms with Crippen LogP contribution in [0.15, 0.2) is 12.2 Å². The summed E-state index contributed by atoms with van der Waals surface area (Å²) in [4.78, 5) is 15.8. The third-order valence-electron chi connectivity index (χ3n) is 3.28. The van der Waals surface area contributed by atoms with E-state index < -0.39 is 0 Å². The summed E-state index contributed by atoms with van der Waals surface area (Å²) in [5, 5.41) is 9.16. The molecule has 1 saturated heterocycles. The van der Waals surface area contributed by atoms with Crippen molar-refractivity contribution in [1.29, 1.82) is 5.26 Å². The van der Waals surface area contributed by atoms with Crippen molar-refractivity contribution in [3.05, 3.63) is 12.2 Å². The topological polar surface area (TPSA) is 47.3 Å². The highest BCUT2D eigenvalue weighted by Crippen LogP contribution is 2.13. The normalized spacial score (nSPS) is 19.2. The van der Waals surface area contributed by atoms with Crippen molar-refractivity contribution < 1.29 is 4.79 Å². The Hall–Kier alpha value is -1.34. The molecule has 100 valence electrons. The Bertz CT molecular complexity index is 335.